The Morgan fingerprint density at radius 3 is 2.62 bits per heavy atom. The molecule has 0 saturated heterocycles. The standard InChI is InChI=1S/C21H26N2O/c1-17(2)19-16-23-13-7-6-11-20(23)21(19)24-14-8-12-22-15-18-9-4-3-5-10-18/h3-7,9-11,13,16-17,22H,8,12,14-15H2,1-2H3. The lowest BCUT2D eigenvalue weighted by Crippen LogP contribution is -2.17. The minimum atomic E-state index is 0.455. The van der Waals surface area contributed by atoms with Crippen molar-refractivity contribution in [3.05, 3.63) is 72.1 Å². The summed E-state index contributed by atoms with van der Waals surface area (Å²) in [5, 5.41) is 3.47. The molecule has 24 heavy (non-hydrogen) atoms. The summed E-state index contributed by atoms with van der Waals surface area (Å²) >= 11 is 0. The molecule has 0 aliphatic heterocycles. The van der Waals surface area contributed by atoms with Gasteiger partial charge in [0.1, 0.15) is 5.75 Å². The van der Waals surface area contributed by atoms with Crippen LogP contribution in [0.3, 0.4) is 0 Å². The number of benzene rings is 1. The molecule has 0 radical (unpaired) electrons. The van der Waals surface area contributed by atoms with Gasteiger partial charge in [0.2, 0.25) is 0 Å². The van der Waals surface area contributed by atoms with Crippen molar-refractivity contribution in [1.29, 1.82) is 0 Å². The van der Waals surface area contributed by atoms with Crippen molar-refractivity contribution in [2.45, 2.75) is 32.7 Å². The van der Waals surface area contributed by atoms with E-state index in [4.69, 9.17) is 4.74 Å². The molecule has 0 atom stereocenters. The van der Waals surface area contributed by atoms with Gasteiger partial charge >= 0.3 is 0 Å². The SMILES string of the molecule is CC(C)c1cn2ccccc2c1OCCCNCc1ccccc1. The third-order valence-corrected chi connectivity index (χ3v) is 4.20. The zero-order valence-electron chi connectivity index (χ0n) is 14.5. The second-order valence-corrected chi connectivity index (χ2v) is 6.43. The van der Waals surface area contributed by atoms with Crippen LogP contribution in [0.2, 0.25) is 0 Å². The average molecular weight is 322 g/mol. The number of nitrogens with zero attached hydrogens (tertiary/aromatic N) is 1. The predicted octanol–water partition coefficient (Wildman–Crippen LogP) is 4.62. The first kappa shape index (κ1) is 16.6. The van der Waals surface area contributed by atoms with E-state index < -0.39 is 0 Å². The number of pyridine rings is 1. The predicted molar refractivity (Wildman–Crippen MR) is 99.7 cm³/mol. The Balaban J connectivity index is 1.51. The first-order chi connectivity index (χ1) is 11.8. The van der Waals surface area contributed by atoms with Crippen LogP contribution < -0.4 is 10.1 Å². The molecule has 2 aromatic heterocycles. The van der Waals surface area contributed by atoms with Gasteiger partial charge in [0, 0.05) is 24.5 Å². The third kappa shape index (κ3) is 3.98. The van der Waals surface area contributed by atoms with E-state index in [1.165, 1.54) is 11.1 Å². The van der Waals surface area contributed by atoms with E-state index in [0.29, 0.717) is 5.92 Å². The normalized spacial score (nSPS) is 11.3. The summed E-state index contributed by atoms with van der Waals surface area (Å²) in [6, 6.07) is 16.7. The van der Waals surface area contributed by atoms with Crippen LogP contribution in [0.15, 0.2) is 60.9 Å². The fourth-order valence-electron chi connectivity index (χ4n) is 2.89. The van der Waals surface area contributed by atoms with E-state index in [0.717, 1.165) is 37.4 Å². The lowest BCUT2D eigenvalue weighted by molar-refractivity contribution is 0.308. The van der Waals surface area contributed by atoms with Gasteiger partial charge in [-0.3, -0.25) is 0 Å². The van der Waals surface area contributed by atoms with Crippen LogP contribution in [0.4, 0.5) is 0 Å². The van der Waals surface area contributed by atoms with Gasteiger partial charge in [-0.15, -0.1) is 0 Å². The smallest absolute Gasteiger partial charge is 0.148 e. The van der Waals surface area contributed by atoms with E-state index in [-0.39, 0.29) is 0 Å². The quantitative estimate of drug-likeness (QED) is 0.612. The Labute approximate surface area is 144 Å². The number of fused-ring (bicyclic) bond motifs is 1. The lowest BCUT2D eigenvalue weighted by atomic mass is 10.1. The fraction of sp³-hybridized carbons (Fsp3) is 0.333. The molecule has 0 unspecified atom stereocenters. The lowest BCUT2D eigenvalue weighted by Gasteiger charge is -2.10. The minimum absolute atomic E-state index is 0.455. The van der Waals surface area contributed by atoms with Gasteiger partial charge in [0.15, 0.2) is 0 Å². The maximum Gasteiger partial charge on any atom is 0.148 e. The minimum Gasteiger partial charge on any atom is -0.491 e. The molecule has 1 aromatic carbocycles. The first-order valence-corrected chi connectivity index (χ1v) is 8.72. The topological polar surface area (TPSA) is 25.7 Å². The van der Waals surface area contributed by atoms with Crippen LogP contribution in [0.5, 0.6) is 5.75 Å². The highest BCUT2D eigenvalue weighted by Gasteiger charge is 2.14. The van der Waals surface area contributed by atoms with Crippen LogP contribution >= 0.6 is 0 Å². The Morgan fingerprint density at radius 1 is 1.04 bits per heavy atom. The summed E-state index contributed by atoms with van der Waals surface area (Å²) in [5.41, 5.74) is 3.75. The second-order valence-electron chi connectivity index (χ2n) is 6.43. The summed E-state index contributed by atoms with van der Waals surface area (Å²) in [6.45, 7) is 7.02. The highest BCUT2D eigenvalue weighted by atomic mass is 16.5. The molecular weight excluding hydrogens is 296 g/mol. The van der Waals surface area contributed by atoms with Crippen molar-refractivity contribution >= 4 is 5.52 Å². The van der Waals surface area contributed by atoms with E-state index in [2.05, 4.69) is 72.4 Å². The molecule has 3 rings (SSSR count). The molecule has 0 aliphatic rings. The van der Waals surface area contributed by atoms with Crippen molar-refractivity contribution in [3.63, 3.8) is 0 Å². The summed E-state index contributed by atoms with van der Waals surface area (Å²) in [6.07, 6.45) is 5.26. The molecule has 3 nitrogen and oxygen atoms in total. The van der Waals surface area contributed by atoms with Crippen molar-refractivity contribution in [2.75, 3.05) is 13.2 Å². The van der Waals surface area contributed by atoms with Crippen molar-refractivity contribution in [2.24, 2.45) is 0 Å². The molecule has 1 N–H and O–H groups in total. The molecule has 0 amide bonds. The van der Waals surface area contributed by atoms with Gasteiger partial charge in [-0.1, -0.05) is 50.2 Å². The van der Waals surface area contributed by atoms with Crippen LogP contribution in [-0.4, -0.2) is 17.6 Å². The van der Waals surface area contributed by atoms with Crippen molar-refractivity contribution in [3.8, 4) is 5.75 Å². The van der Waals surface area contributed by atoms with E-state index in [1.807, 2.05) is 12.1 Å². The van der Waals surface area contributed by atoms with Gasteiger partial charge in [-0.25, -0.2) is 0 Å². The molecule has 3 aromatic rings. The molecule has 2 heterocycles. The maximum atomic E-state index is 6.14. The fourth-order valence-corrected chi connectivity index (χ4v) is 2.89. The highest BCUT2D eigenvalue weighted by Crippen LogP contribution is 2.32. The van der Waals surface area contributed by atoms with Crippen LogP contribution in [0, 0.1) is 0 Å². The van der Waals surface area contributed by atoms with Crippen molar-refractivity contribution in [1.82, 2.24) is 9.72 Å². The molecule has 0 aliphatic carbocycles. The summed E-state index contributed by atoms with van der Waals surface area (Å²) in [4.78, 5) is 0. The van der Waals surface area contributed by atoms with Gasteiger partial charge in [-0.05, 0) is 36.6 Å². The summed E-state index contributed by atoms with van der Waals surface area (Å²) in [7, 11) is 0. The van der Waals surface area contributed by atoms with Gasteiger partial charge in [0.25, 0.3) is 0 Å². The van der Waals surface area contributed by atoms with Crippen LogP contribution in [0.25, 0.3) is 5.52 Å². The second kappa shape index (κ2) is 8.02. The number of rotatable bonds is 8. The molecule has 0 fully saturated rings. The average Bonchev–Trinajstić information content (AvgIpc) is 2.98. The number of nitrogens with one attached hydrogen (secondary N) is 1. The van der Waals surface area contributed by atoms with Gasteiger partial charge in [-0.2, -0.15) is 0 Å². The monoisotopic (exact) mass is 322 g/mol. The van der Waals surface area contributed by atoms with E-state index in [1.54, 1.807) is 0 Å². The number of ether oxygens (including phenoxy) is 1. The zero-order chi connectivity index (χ0) is 16.8. The van der Waals surface area contributed by atoms with Crippen LogP contribution in [0.1, 0.15) is 37.3 Å². The molecule has 0 saturated carbocycles. The Kier molecular flexibility index (Phi) is 5.55. The Morgan fingerprint density at radius 2 is 1.83 bits per heavy atom. The molecule has 126 valence electrons. The Hall–Kier alpha value is -2.26. The Bertz CT molecular complexity index is 762. The molecular formula is C21H26N2O. The first-order valence-electron chi connectivity index (χ1n) is 8.72. The van der Waals surface area contributed by atoms with E-state index >= 15 is 0 Å². The molecule has 0 bridgehead atoms. The van der Waals surface area contributed by atoms with Crippen LogP contribution in [-0.2, 0) is 6.54 Å². The largest absolute Gasteiger partial charge is 0.491 e. The number of hydrogen-bond donors (Lipinski definition) is 1. The third-order valence-electron chi connectivity index (χ3n) is 4.20. The molecule has 3 heteroatoms. The number of aromatic nitrogens is 1. The highest BCUT2D eigenvalue weighted by molar-refractivity contribution is 5.65. The molecule has 0 spiro atoms. The summed E-state index contributed by atoms with van der Waals surface area (Å²) in [5.74, 6) is 1.49. The van der Waals surface area contributed by atoms with Crippen molar-refractivity contribution < 1.29 is 4.74 Å². The van der Waals surface area contributed by atoms with Gasteiger partial charge in [0.05, 0.1) is 12.1 Å². The number of hydrogen-bond acceptors (Lipinski definition) is 2. The van der Waals surface area contributed by atoms with E-state index in [9.17, 15) is 0 Å². The maximum absolute atomic E-state index is 6.14. The van der Waals surface area contributed by atoms with Gasteiger partial charge < -0.3 is 14.5 Å². The zero-order valence-corrected chi connectivity index (χ0v) is 14.5. The summed E-state index contributed by atoms with van der Waals surface area (Å²) < 4.78 is 8.29.